The van der Waals surface area contributed by atoms with Crippen LogP contribution >= 0.6 is 0 Å². The zero-order valence-electron chi connectivity index (χ0n) is 21.7. The van der Waals surface area contributed by atoms with E-state index >= 15 is 0 Å². The standard InChI is InChI=1S/C29H33N3O6/c1-19-2-5-21(17-26(19)38-15-12-31-10-13-37-14-11-31)25(33)8-4-20-3-6-23-22(16-20)18-32(29(23)36)24-7-9-27(34)30-28(24)35/h2-3,5-6,16-17,24H,4,7-15,18H2,1H3,(H,30,34,35). The van der Waals surface area contributed by atoms with E-state index in [1.165, 1.54) is 4.90 Å². The molecule has 1 atom stereocenters. The second kappa shape index (κ2) is 11.4. The second-order valence-corrected chi connectivity index (χ2v) is 10.1. The molecule has 0 aliphatic carbocycles. The summed E-state index contributed by atoms with van der Waals surface area (Å²) in [6.07, 6.45) is 1.43. The first-order chi connectivity index (χ1) is 18.4. The maximum atomic E-state index is 13.0. The van der Waals surface area contributed by atoms with Crippen LogP contribution in [0, 0.1) is 6.92 Å². The van der Waals surface area contributed by atoms with Gasteiger partial charge in [-0.25, -0.2) is 0 Å². The van der Waals surface area contributed by atoms with Gasteiger partial charge < -0.3 is 14.4 Å². The summed E-state index contributed by atoms with van der Waals surface area (Å²) >= 11 is 0. The molecule has 9 nitrogen and oxygen atoms in total. The summed E-state index contributed by atoms with van der Waals surface area (Å²) in [5.74, 6) is -0.158. The summed E-state index contributed by atoms with van der Waals surface area (Å²) in [5.41, 5.74) is 3.99. The molecule has 3 amide bonds. The highest BCUT2D eigenvalue weighted by molar-refractivity contribution is 6.05. The van der Waals surface area contributed by atoms with Crippen molar-refractivity contribution in [3.63, 3.8) is 0 Å². The van der Waals surface area contributed by atoms with Crippen molar-refractivity contribution in [2.45, 2.75) is 45.2 Å². The number of morpholine rings is 1. The van der Waals surface area contributed by atoms with E-state index in [2.05, 4.69) is 10.2 Å². The molecule has 5 rings (SSSR count). The van der Waals surface area contributed by atoms with Gasteiger partial charge in [-0.2, -0.15) is 0 Å². The predicted molar refractivity (Wildman–Crippen MR) is 139 cm³/mol. The molecule has 1 N–H and O–H groups in total. The number of hydrogen-bond donors (Lipinski definition) is 1. The number of aryl methyl sites for hydroxylation is 2. The Morgan fingerprint density at radius 1 is 1.11 bits per heavy atom. The van der Waals surface area contributed by atoms with E-state index in [1.807, 2.05) is 37.3 Å². The molecule has 1 unspecified atom stereocenters. The number of amides is 3. The summed E-state index contributed by atoms with van der Waals surface area (Å²) in [5, 5.41) is 2.32. The molecule has 3 heterocycles. The average molecular weight is 520 g/mol. The number of Topliss-reactive ketones (excluding diaryl/α,β-unsaturated/α-hetero) is 1. The zero-order chi connectivity index (χ0) is 26.6. The number of rotatable bonds is 9. The van der Waals surface area contributed by atoms with Crippen molar-refractivity contribution >= 4 is 23.5 Å². The third-order valence-corrected chi connectivity index (χ3v) is 7.51. The molecule has 2 saturated heterocycles. The monoisotopic (exact) mass is 519 g/mol. The van der Waals surface area contributed by atoms with Gasteiger partial charge in [0.05, 0.1) is 13.2 Å². The fraction of sp³-hybridized carbons (Fsp3) is 0.448. The first kappa shape index (κ1) is 26.1. The lowest BCUT2D eigenvalue weighted by Gasteiger charge is -2.29. The Morgan fingerprint density at radius 2 is 1.92 bits per heavy atom. The Balaban J connectivity index is 1.17. The van der Waals surface area contributed by atoms with E-state index in [0.29, 0.717) is 43.5 Å². The van der Waals surface area contributed by atoms with Crippen molar-refractivity contribution in [2.75, 3.05) is 39.5 Å². The first-order valence-electron chi connectivity index (χ1n) is 13.2. The third-order valence-electron chi connectivity index (χ3n) is 7.51. The average Bonchev–Trinajstić information content (AvgIpc) is 3.24. The summed E-state index contributed by atoms with van der Waals surface area (Å²) < 4.78 is 11.4. The highest BCUT2D eigenvalue weighted by Gasteiger charge is 2.39. The van der Waals surface area contributed by atoms with Gasteiger partial charge in [-0.1, -0.05) is 24.3 Å². The van der Waals surface area contributed by atoms with E-state index in [-0.39, 0.29) is 24.0 Å². The Bertz CT molecular complexity index is 1250. The first-order valence-corrected chi connectivity index (χ1v) is 13.2. The number of fused-ring (bicyclic) bond motifs is 1. The maximum absolute atomic E-state index is 13.0. The van der Waals surface area contributed by atoms with Crippen LogP contribution in [0.15, 0.2) is 36.4 Å². The lowest BCUT2D eigenvalue weighted by molar-refractivity contribution is -0.136. The SMILES string of the molecule is Cc1ccc(C(=O)CCc2ccc3c(c2)CN(C2CCC(=O)NC2=O)C3=O)cc1OCCN1CCOCC1. The highest BCUT2D eigenvalue weighted by atomic mass is 16.5. The number of imide groups is 1. The van der Waals surface area contributed by atoms with Gasteiger partial charge in [0, 0.05) is 50.1 Å². The van der Waals surface area contributed by atoms with Gasteiger partial charge in [-0.15, -0.1) is 0 Å². The number of ketones is 1. The summed E-state index contributed by atoms with van der Waals surface area (Å²) in [7, 11) is 0. The third kappa shape index (κ3) is 5.79. The van der Waals surface area contributed by atoms with Crippen molar-refractivity contribution in [2.24, 2.45) is 0 Å². The van der Waals surface area contributed by atoms with Gasteiger partial charge in [-0.05, 0) is 48.6 Å². The molecule has 2 fully saturated rings. The van der Waals surface area contributed by atoms with Gasteiger partial charge in [0.15, 0.2) is 5.78 Å². The minimum Gasteiger partial charge on any atom is -0.492 e. The van der Waals surface area contributed by atoms with Crippen LogP contribution in [0.4, 0.5) is 0 Å². The number of hydrogen-bond acceptors (Lipinski definition) is 7. The molecule has 0 aromatic heterocycles. The van der Waals surface area contributed by atoms with Gasteiger partial charge in [0.1, 0.15) is 18.4 Å². The van der Waals surface area contributed by atoms with Crippen molar-refractivity contribution in [3.05, 3.63) is 64.2 Å². The fourth-order valence-corrected chi connectivity index (χ4v) is 5.22. The molecule has 200 valence electrons. The predicted octanol–water partition coefficient (Wildman–Crippen LogP) is 2.28. The van der Waals surface area contributed by atoms with Crippen LogP contribution in [0.25, 0.3) is 0 Å². The molecule has 0 radical (unpaired) electrons. The zero-order valence-corrected chi connectivity index (χ0v) is 21.7. The smallest absolute Gasteiger partial charge is 0.255 e. The molecule has 38 heavy (non-hydrogen) atoms. The molecular weight excluding hydrogens is 486 g/mol. The van der Waals surface area contributed by atoms with Crippen LogP contribution in [0.2, 0.25) is 0 Å². The van der Waals surface area contributed by atoms with Crippen molar-refractivity contribution in [3.8, 4) is 5.75 Å². The van der Waals surface area contributed by atoms with Crippen molar-refractivity contribution < 1.29 is 28.7 Å². The van der Waals surface area contributed by atoms with Gasteiger partial charge in [0.25, 0.3) is 5.91 Å². The number of carbonyl (C=O) groups excluding carboxylic acids is 4. The van der Waals surface area contributed by atoms with Gasteiger partial charge in [0.2, 0.25) is 11.8 Å². The molecule has 2 aromatic carbocycles. The van der Waals surface area contributed by atoms with E-state index in [4.69, 9.17) is 9.47 Å². The summed E-state index contributed by atoms with van der Waals surface area (Å²) in [4.78, 5) is 53.5. The van der Waals surface area contributed by atoms with Gasteiger partial charge in [-0.3, -0.25) is 29.4 Å². The quantitative estimate of drug-likeness (QED) is 0.400. The van der Waals surface area contributed by atoms with Gasteiger partial charge >= 0.3 is 0 Å². The molecule has 0 bridgehead atoms. The molecule has 3 aliphatic heterocycles. The van der Waals surface area contributed by atoms with E-state index < -0.39 is 11.9 Å². The van der Waals surface area contributed by atoms with Crippen LogP contribution in [0.1, 0.15) is 56.7 Å². The summed E-state index contributed by atoms with van der Waals surface area (Å²) in [6.45, 7) is 7.00. The van der Waals surface area contributed by atoms with Crippen LogP contribution < -0.4 is 10.1 Å². The number of nitrogens with zero attached hydrogens (tertiary/aromatic N) is 2. The van der Waals surface area contributed by atoms with E-state index in [9.17, 15) is 19.2 Å². The lowest BCUT2D eigenvalue weighted by atomic mass is 9.99. The summed E-state index contributed by atoms with van der Waals surface area (Å²) in [6, 6.07) is 10.5. The second-order valence-electron chi connectivity index (χ2n) is 10.1. The minimum absolute atomic E-state index is 0.0322. The Labute approximate surface area is 222 Å². The number of carbonyl (C=O) groups is 4. The normalized spacial score (nSPS) is 19.9. The molecule has 3 aliphatic rings. The van der Waals surface area contributed by atoms with Crippen LogP contribution in [-0.2, 0) is 27.3 Å². The molecule has 2 aromatic rings. The van der Waals surface area contributed by atoms with E-state index in [1.54, 1.807) is 6.07 Å². The number of ether oxygens (including phenoxy) is 2. The van der Waals surface area contributed by atoms with Crippen molar-refractivity contribution in [1.82, 2.24) is 15.1 Å². The maximum Gasteiger partial charge on any atom is 0.255 e. The van der Waals surface area contributed by atoms with E-state index in [0.717, 1.165) is 55.3 Å². The molecule has 0 spiro atoms. The fourth-order valence-electron chi connectivity index (χ4n) is 5.22. The highest BCUT2D eigenvalue weighted by Crippen LogP contribution is 2.29. The van der Waals surface area contributed by atoms with Crippen molar-refractivity contribution in [1.29, 1.82) is 0 Å². The minimum atomic E-state index is -0.635. The Hall–Kier alpha value is -3.56. The number of piperidine rings is 1. The molecular formula is C29H33N3O6. The Kier molecular flexibility index (Phi) is 7.85. The number of nitrogens with one attached hydrogen (secondary N) is 1. The molecule has 0 saturated carbocycles. The van der Waals surface area contributed by atoms with Crippen LogP contribution in [0.3, 0.4) is 0 Å². The number of benzene rings is 2. The molecule has 9 heteroatoms. The topological polar surface area (TPSA) is 105 Å². The lowest BCUT2D eigenvalue weighted by Crippen LogP contribution is -2.52. The van der Waals surface area contributed by atoms with Crippen LogP contribution in [-0.4, -0.2) is 78.8 Å². The van der Waals surface area contributed by atoms with Crippen LogP contribution in [0.5, 0.6) is 5.75 Å². The largest absolute Gasteiger partial charge is 0.492 e. The Morgan fingerprint density at radius 3 is 2.71 bits per heavy atom.